The van der Waals surface area contributed by atoms with Gasteiger partial charge in [0.15, 0.2) is 0 Å². The second kappa shape index (κ2) is 11.5. The van der Waals surface area contributed by atoms with E-state index in [-0.39, 0.29) is 0 Å². The highest BCUT2D eigenvalue weighted by Gasteiger charge is 2.38. The molecule has 2 nitrogen and oxygen atoms in total. The fourth-order valence-corrected chi connectivity index (χ4v) is 5.80. The van der Waals surface area contributed by atoms with Crippen LogP contribution in [0.3, 0.4) is 0 Å². The first-order valence-electron chi connectivity index (χ1n) is 14.2. The van der Waals surface area contributed by atoms with Gasteiger partial charge in [0.05, 0.1) is 11.4 Å². The third kappa shape index (κ3) is 4.70. The molecule has 6 aromatic rings. The van der Waals surface area contributed by atoms with E-state index in [1.807, 2.05) is 24.5 Å². The number of hydrogen-bond donors (Lipinski definition) is 0. The third-order valence-electron chi connectivity index (χ3n) is 7.59. The van der Waals surface area contributed by atoms with Crippen LogP contribution >= 0.6 is 0 Å². The Kier molecular flexibility index (Phi) is 6.94. The molecule has 0 N–H and O–H groups in total. The largest absolute Gasteiger partial charge is 0.256 e. The molecule has 0 amide bonds. The SMILES string of the molecule is c1ccc(C(=C2C(=C(c3ccccc3)c3ccccc3)C(c3ccccn3)=C2c2ccccn2)c2ccccc2)cc1. The lowest BCUT2D eigenvalue weighted by Crippen LogP contribution is -2.18. The van der Waals surface area contributed by atoms with Crippen molar-refractivity contribution in [3.05, 3.63) is 215 Å². The van der Waals surface area contributed by atoms with Crippen LogP contribution in [-0.4, -0.2) is 9.97 Å². The molecule has 42 heavy (non-hydrogen) atoms. The maximum Gasteiger partial charge on any atom is 0.0715 e. The van der Waals surface area contributed by atoms with Crippen molar-refractivity contribution < 1.29 is 0 Å². The average molecular weight is 537 g/mol. The summed E-state index contributed by atoms with van der Waals surface area (Å²) in [6, 6.07) is 55.1. The molecule has 1 aliphatic carbocycles. The van der Waals surface area contributed by atoms with Gasteiger partial charge in [-0.25, -0.2) is 0 Å². The van der Waals surface area contributed by atoms with E-state index in [2.05, 4.69) is 146 Å². The number of benzene rings is 4. The Balaban J connectivity index is 1.71. The van der Waals surface area contributed by atoms with Crippen molar-refractivity contribution in [2.24, 2.45) is 0 Å². The van der Waals surface area contributed by atoms with Crippen LogP contribution in [0.25, 0.3) is 22.3 Å². The minimum atomic E-state index is 0.932. The first-order chi connectivity index (χ1) is 20.9. The van der Waals surface area contributed by atoms with Gasteiger partial charge in [-0.2, -0.15) is 0 Å². The summed E-state index contributed by atoms with van der Waals surface area (Å²) in [5.41, 5.74) is 13.4. The van der Waals surface area contributed by atoms with Crippen LogP contribution in [0.5, 0.6) is 0 Å². The Morgan fingerprint density at radius 3 is 0.857 bits per heavy atom. The second-order valence-electron chi connectivity index (χ2n) is 10.1. The Hall–Kier alpha value is -5.60. The molecule has 0 bridgehead atoms. The zero-order valence-corrected chi connectivity index (χ0v) is 23.1. The monoisotopic (exact) mass is 536 g/mol. The molecule has 7 rings (SSSR count). The zero-order valence-electron chi connectivity index (χ0n) is 23.1. The van der Waals surface area contributed by atoms with Gasteiger partial charge in [0, 0.05) is 34.7 Å². The van der Waals surface area contributed by atoms with Crippen molar-refractivity contribution in [2.45, 2.75) is 0 Å². The average Bonchev–Trinajstić information content (AvgIpc) is 3.07. The van der Waals surface area contributed by atoms with Crippen LogP contribution in [-0.2, 0) is 0 Å². The summed E-state index contributed by atoms with van der Waals surface area (Å²) >= 11 is 0. The van der Waals surface area contributed by atoms with Gasteiger partial charge in [-0.1, -0.05) is 133 Å². The van der Waals surface area contributed by atoms with Crippen LogP contribution in [0.1, 0.15) is 33.6 Å². The Labute approximate surface area is 246 Å². The van der Waals surface area contributed by atoms with E-state index in [0.717, 1.165) is 44.8 Å². The summed E-state index contributed by atoms with van der Waals surface area (Å²) in [4.78, 5) is 9.79. The topological polar surface area (TPSA) is 25.8 Å². The van der Waals surface area contributed by atoms with Crippen LogP contribution in [0.15, 0.2) is 181 Å². The van der Waals surface area contributed by atoms with Crippen LogP contribution in [0.2, 0.25) is 0 Å². The molecule has 0 saturated heterocycles. The van der Waals surface area contributed by atoms with Gasteiger partial charge < -0.3 is 0 Å². The van der Waals surface area contributed by atoms with Crippen molar-refractivity contribution in [1.29, 1.82) is 0 Å². The highest BCUT2D eigenvalue weighted by molar-refractivity contribution is 6.26. The fraction of sp³-hybridized carbons (Fsp3) is 0. The maximum absolute atomic E-state index is 4.89. The summed E-state index contributed by atoms with van der Waals surface area (Å²) < 4.78 is 0. The van der Waals surface area contributed by atoms with E-state index in [1.54, 1.807) is 0 Å². The normalized spacial score (nSPS) is 12.6. The number of allylic oxidation sites excluding steroid dienone is 4. The van der Waals surface area contributed by atoms with Crippen molar-refractivity contribution in [2.75, 3.05) is 0 Å². The lowest BCUT2D eigenvalue weighted by Gasteiger charge is -2.36. The van der Waals surface area contributed by atoms with Gasteiger partial charge in [0.1, 0.15) is 0 Å². The molecule has 198 valence electrons. The van der Waals surface area contributed by atoms with E-state index in [4.69, 9.17) is 9.97 Å². The Bertz CT molecular complexity index is 1680. The van der Waals surface area contributed by atoms with Gasteiger partial charge in [0.25, 0.3) is 0 Å². The smallest absolute Gasteiger partial charge is 0.0715 e. The molecule has 0 fully saturated rings. The maximum atomic E-state index is 4.89. The van der Waals surface area contributed by atoms with E-state index in [9.17, 15) is 0 Å². The van der Waals surface area contributed by atoms with Crippen molar-refractivity contribution in [1.82, 2.24) is 9.97 Å². The van der Waals surface area contributed by atoms with Crippen LogP contribution < -0.4 is 0 Å². The lowest BCUT2D eigenvalue weighted by molar-refractivity contribution is 1.22. The first-order valence-corrected chi connectivity index (χ1v) is 14.2. The van der Waals surface area contributed by atoms with Gasteiger partial charge in [0.2, 0.25) is 0 Å². The predicted octanol–water partition coefficient (Wildman–Crippen LogP) is 9.41. The van der Waals surface area contributed by atoms with E-state index in [0.29, 0.717) is 0 Å². The highest BCUT2D eigenvalue weighted by Crippen LogP contribution is 2.57. The molecule has 0 unspecified atom stereocenters. The van der Waals surface area contributed by atoms with Crippen LogP contribution in [0, 0.1) is 0 Å². The number of rotatable bonds is 6. The first kappa shape index (κ1) is 25.4. The van der Waals surface area contributed by atoms with Gasteiger partial charge in [-0.3, -0.25) is 9.97 Å². The van der Waals surface area contributed by atoms with E-state index in [1.165, 1.54) is 22.3 Å². The molecule has 4 aromatic carbocycles. The summed E-state index contributed by atoms with van der Waals surface area (Å²) in [5, 5.41) is 0. The quantitative estimate of drug-likeness (QED) is 0.212. The molecule has 1 aliphatic rings. The predicted molar refractivity (Wildman–Crippen MR) is 173 cm³/mol. The third-order valence-corrected chi connectivity index (χ3v) is 7.59. The number of hydrogen-bond acceptors (Lipinski definition) is 2. The molecule has 2 heterocycles. The molecule has 0 saturated carbocycles. The minimum absolute atomic E-state index is 0.932. The summed E-state index contributed by atoms with van der Waals surface area (Å²) in [5.74, 6) is 0. The van der Waals surface area contributed by atoms with Gasteiger partial charge in [-0.05, 0) is 57.7 Å². The second-order valence-corrected chi connectivity index (χ2v) is 10.1. The number of pyridine rings is 2. The highest BCUT2D eigenvalue weighted by atomic mass is 14.7. The molecular formula is C40H28N2. The van der Waals surface area contributed by atoms with Crippen molar-refractivity contribution in [3.63, 3.8) is 0 Å². The molecule has 0 atom stereocenters. The molecule has 0 radical (unpaired) electrons. The van der Waals surface area contributed by atoms with Crippen LogP contribution in [0.4, 0.5) is 0 Å². The molecule has 0 spiro atoms. The molecular weight excluding hydrogens is 508 g/mol. The van der Waals surface area contributed by atoms with E-state index >= 15 is 0 Å². The zero-order chi connectivity index (χ0) is 28.1. The standard InChI is InChI=1S/C40H28N2/c1-5-17-29(18-6-1)35(30-19-7-2-8-20-30)39-37(33-25-13-15-27-41-33)38(34-26-14-16-28-42-34)40(39)36(31-21-9-3-10-22-31)32-23-11-4-12-24-32/h1-28H. The number of aromatic nitrogens is 2. The van der Waals surface area contributed by atoms with Gasteiger partial charge in [-0.15, -0.1) is 0 Å². The minimum Gasteiger partial charge on any atom is -0.256 e. The summed E-state index contributed by atoms with van der Waals surface area (Å²) in [6.07, 6.45) is 3.75. The van der Waals surface area contributed by atoms with E-state index < -0.39 is 0 Å². The Morgan fingerprint density at radius 1 is 0.310 bits per heavy atom. The number of nitrogens with zero attached hydrogens (tertiary/aromatic N) is 2. The van der Waals surface area contributed by atoms with Crippen molar-refractivity contribution in [3.8, 4) is 0 Å². The molecule has 2 aromatic heterocycles. The molecule has 2 heteroatoms. The lowest BCUT2D eigenvalue weighted by atomic mass is 9.67. The van der Waals surface area contributed by atoms with Crippen molar-refractivity contribution >= 4 is 22.3 Å². The summed E-state index contributed by atoms with van der Waals surface area (Å²) in [7, 11) is 0. The molecule has 0 aliphatic heterocycles. The fourth-order valence-electron chi connectivity index (χ4n) is 5.80. The Morgan fingerprint density at radius 2 is 0.595 bits per heavy atom. The summed E-state index contributed by atoms with van der Waals surface area (Å²) in [6.45, 7) is 0. The van der Waals surface area contributed by atoms with Gasteiger partial charge >= 0.3 is 0 Å².